The molecule has 0 aromatic heterocycles. The van der Waals surface area contributed by atoms with Gasteiger partial charge in [-0.05, 0) is 19.3 Å². The molecule has 0 bridgehead atoms. The van der Waals surface area contributed by atoms with Crippen molar-refractivity contribution in [1.29, 1.82) is 0 Å². The topological polar surface area (TPSA) is 156 Å². The number of carbonyl (C=O) groups excluding carboxylic acids is 3. The van der Waals surface area contributed by atoms with E-state index in [-0.39, 0.29) is 28.5 Å². The van der Waals surface area contributed by atoms with Gasteiger partial charge in [-0.1, -0.05) is 20.8 Å². The van der Waals surface area contributed by atoms with Gasteiger partial charge in [-0.15, -0.1) is 0 Å². The van der Waals surface area contributed by atoms with Crippen molar-refractivity contribution in [2.45, 2.75) is 47.0 Å². The van der Waals surface area contributed by atoms with Gasteiger partial charge in [-0.25, -0.2) is 0 Å². The molecule has 0 aromatic rings. The molecule has 0 spiro atoms. The van der Waals surface area contributed by atoms with Gasteiger partial charge in [0.1, 0.15) is 0 Å². The number of nitrogens with two attached hydrogens (primary N) is 1. The van der Waals surface area contributed by atoms with Crippen molar-refractivity contribution in [3.63, 3.8) is 0 Å². The molecule has 0 saturated carbocycles. The van der Waals surface area contributed by atoms with Crippen LogP contribution < -0.4 is 0 Å². The molecule has 0 rings (SSSR count). The quantitative estimate of drug-likeness (QED) is 0.591. The smallest absolute Gasteiger partial charge is 0.693 e. The van der Waals surface area contributed by atoms with E-state index >= 15 is 0 Å². The molecule has 0 heterocycles. The number of nitrogens with one attached hydrogen (secondary N) is 3. The van der Waals surface area contributed by atoms with E-state index in [0.717, 1.165) is 0 Å². The van der Waals surface area contributed by atoms with Crippen LogP contribution in [0, 0.1) is 6.92 Å². The van der Waals surface area contributed by atoms with Crippen LogP contribution in [0.4, 0.5) is 0 Å². The van der Waals surface area contributed by atoms with Crippen LogP contribution in [-0.2, 0) is 36.8 Å². The van der Waals surface area contributed by atoms with E-state index in [1.165, 1.54) is 0 Å². The number of carbonyl (C=O) groups is 3. The third-order valence-corrected chi connectivity index (χ3v) is 0.963. The molecule has 0 saturated heterocycles. The van der Waals surface area contributed by atoms with Crippen LogP contribution in [0.5, 0.6) is 0 Å². The Hall–Kier alpha value is -0.890. The van der Waals surface area contributed by atoms with Crippen LogP contribution in [0.15, 0.2) is 0 Å². The zero-order valence-electron chi connectivity index (χ0n) is 12.1. The Morgan fingerprint density at radius 3 is 0.789 bits per heavy atom. The summed E-state index contributed by atoms with van der Waals surface area (Å²) in [4.78, 5) is 28.4. The molecule has 0 unspecified atom stereocenters. The summed E-state index contributed by atoms with van der Waals surface area (Å²) < 4.78 is 0. The van der Waals surface area contributed by atoms with Crippen LogP contribution in [0.3, 0.4) is 0 Å². The van der Waals surface area contributed by atoms with Crippen molar-refractivity contribution in [2.75, 3.05) is 0 Å². The molecule has 0 fully saturated rings. The first-order valence-electron chi connectivity index (χ1n) is 5.25. The summed E-state index contributed by atoms with van der Waals surface area (Å²) in [5.74, 6) is -1.49. The fourth-order valence-electron chi connectivity index (χ4n) is 0. The van der Waals surface area contributed by atoms with Crippen molar-refractivity contribution in [1.82, 2.24) is 0 Å². The maximum absolute atomic E-state index is 9.48. The SMILES string of the molecule is CCC([NH-])=O.CCC([NH-])=O.CCC([NH-])=O.[CH2-]C.[NH2-].[Ta+5]. The Labute approximate surface area is 132 Å². The molecule has 8 heteroatoms. The van der Waals surface area contributed by atoms with Crippen LogP contribution in [0.25, 0.3) is 23.4 Å². The maximum atomic E-state index is 9.48. The van der Waals surface area contributed by atoms with Gasteiger partial charge in [0.05, 0.1) is 0 Å². The minimum absolute atomic E-state index is 0. The first-order chi connectivity index (χ1) is 7.81. The van der Waals surface area contributed by atoms with Crippen LogP contribution >= 0.6 is 0 Å². The number of hydrogen-bond donors (Lipinski definition) is 0. The second kappa shape index (κ2) is 36.0. The zero-order valence-corrected chi connectivity index (χ0v) is 15.3. The standard InChI is InChI=1S/3C3H7NO.C2H5.H2N.Ta/c3*1-2-3(4)5;1-2;;/h3*2H2,1H3,(H2,4,5);1H2,2H3;1H2;/q;;;2*-1;+5/p-3. The average molecular weight is 442 g/mol. The van der Waals surface area contributed by atoms with Crippen LogP contribution in [0.2, 0.25) is 0 Å². The largest absolute Gasteiger partial charge is 5.00 e. The monoisotopic (exact) mass is 442 g/mol. The molecule has 0 aliphatic carbocycles. The van der Waals surface area contributed by atoms with E-state index in [0.29, 0.717) is 19.3 Å². The number of amides is 3. The van der Waals surface area contributed by atoms with Crippen molar-refractivity contribution in [3.05, 3.63) is 30.3 Å². The summed E-state index contributed by atoms with van der Waals surface area (Å²) in [5, 5.41) is 0. The Morgan fingerprint density at radius 1 is 0.737 bits per heavy atom. The normalized spacial score (nSPS) is 6.16. The molecule has 0 aliphatic heterocycles. The predicted octanol–water partition coefficient (Wildman–Crippen LogP) is 4.48. The summed E-state index contributed by atoms with van der Waals surface area (Å²) in [6, 6.07) is 0. The van der Waals surface area contributed by atoms with Gasteiger partial charge < -0.3 is 44.7 Å². The average Bonchev–Trinajstić information content (AvgIpc) is 2.32. The minimum atomic E-state index is -0.495. The molecule has 0 atom stereocenters. The summed E-state index contributed by atoms with van der Waals surface area (Å²) in [5.41, 5.74) is 18.6. The van der Waals surface area contributed by atoms with Crippen molar-refractivity contribution in [2.24, 2.45) is 0 Å². The molecule has 7 nitrogen and oxygen atoms in total. The molecular formula is C11H25N4O3Ta. The summed E-state index contributed by atoms with van der Waals surface area (Å²) in [7, 11) is 0. The van der Waals surface area contributed by atoms with Gasteiger partial charge >= 0.3 is 22.4 Å². The summed E-state index contributed by atoms with van der Waals surface area (Å²) >= 11 is 0. The van der Waals surface area contributed by atoms with Gasteiger partial charge in [0.2, 0.25) is 0 Å². The van der Waals surface area contributed by atoms with Gasteiger partial charge in [0.25, 0.3) is 0 Å². The Kier molecular flexibility index (Phi) is 68.5. The Balaban J connectivity index is -0.0000000298. The third-order valence-electron chi connectivity index (χ3n) is 0.963. The van der Waals surface area contributed by atoms with Gasteiger partial charge in [0, 0.05) is 17.7 Å². The first-order valence-corrected chi connectivity index (χ1v) is 5.25. The van der Waals surface area contributed by atoms with Crippen LogP contribution in [-0.4, -0.2) is 17.7 Å². The van der Waals surface area contributed by atoms with E-state index in [9.17, 15) is 14.4 Å². The third kappa shape index (κ3) is 150. The van der Waals surface area contributed by atoms with Gasteiger partial charge in [-0.3, -0.25) is 0 Å². The number of rotatable bonds is 3. The summed E-state index contributed by atoms with van der Waals surface area (Å²) in [6.07, 6.45) is 1.000. The van der Waals surface area contributed by atoms with E-state index < -0.39 is 17.7 Å². The first kappa shape index (κ1) is 36.2. The molecular weight excluding hydrogens is 417 g/mol. The molecule has 19 heavy (non-hydrogen) atoms. The van der Waals surface area contributed by atoms with Gasteiger partial charge in [0.15, 0.2) is 0 Å². The van der Waals surface area contributed by atoms with Crippen molar-refractivity contribution in [3.8, 4) is 0 Å². The maximum Gasteiger partial charge on any atom is 5.00 e. The molecule has 112 valence electrons. The molecule has 0 aliphatic rings. The van der Waals surface area contributed by atoms with E-state index in [4.69, 9.17) is 17.2 Å². The van der Waals surface area contributed by atoms with Crippen molar-refractivity contribution < 1.29 is 36.8 Å². The fraction of sp³-hybridized carbons (Fsp3) is 0.636. The van der Waals surface area contributed by atoms with E-state index in [1.807, 2.05) is 0 Å². The van der Waals surface area contributed by atoms with E-state index in [2.05, 4.69) is 6.92 Å². The molecule has 0 aromatic carbocycles. The summed E-state index contributed by atoms with van der Waals surface area (Å²) in [6.45, 7) is 9.99. The molecule has 3 amide bonds. The minimum Gasteiger partial charge on any atom is -0.693 e. The predicted molar refractivity (Wildman–Crippen MR) is 75.2 cm³/mol. The number of hydrogen-bond acceptors (Lipinski definition) is 3. The fourth-order valence-corrected chi connectivity index (χ4v) is 0. The second-order valence-electron chi connectivity index (χ2n) is 2.33. The van der Waals surface area contributed by atoms with E-state index in [1.54, 1.807) is 27.7 Å². The molecule has 5 N–H and O–H groups in total. The Bertz CT molecular complexity index is 169. The van der Waals surface area contributed by atoms with Crippen LogP contribution in [0.1, 0.15) is 47.0 Å². The molecule has 0 radical (unpaired) electrons. The zero-order chi connectivity index (χ0) is 14.9. The van der Waals surface area contributed by atoms with Crippen molar-refractivity contribution >= 4 is 17.7 Å². The van der Waals surface area contributed by atoms with Gasteiger partial charge in [-0.2, -0.15) is 6.92 Å². The Morgan fingerprint density at radius 2 is 0.789 bits per heavy atom. The second-order valence-corrected chi connectivity index (χ2v) is 2.33.